The van der Waals surface area contributed by atoms with Gasteiger partial charge in [0.1, 0.15) is 22.1 Å². The molecule has 2 unspecified atom stereocenters. The molecule has 36 heavy (non-hydrogen) atoms. The minimum absolute atomic E-state index is 0.0240. The van der Waals surface area contributed by atoms with E-state index in [0.717, 1.165) is 0 Å². The lowest BCUT2D eigenvalue weighted by Gasteiger charge is -2.35. The fraction of sp³-hybridized carbons (Fsp3) is 0.320. The molecule has 0 bridgehead atoms. The molecule has 1 heterocycles. The van der Waals surface area contributed by atoms with Crippen molar-refractivity contribution in [3.8, 4) is 28.7 Å². The van der Waals surface area contributed by atoms with E-state index in [1.165, 1.54) is 52.7 Å². The lowest BCUT2D eigenvalue weighted by Crippen LogP contribution is -2.55. The lowest BCUT2D eigenvalue weighted by atomic mass is 9.74. The highest BCUT2D eigenvalue weighted by atomic mass is 35.5. The number of carbonyl (C=O) groups is 3. The molecule has 1 aliphatic carbocycles. The molecule has 0 saturated heterocycles. The first kappa shape index (κ1) is 25.2. The molecule has 4 rings (SSSR count). The van der Waals surface area contributed by atoms with Crippen LogP contribution in [0.4, 0.5) is 5.69 Å². The number of benzene rings is 2. The number of rotatable bonds is 7. The molecule has 2 aromatic carbocycles. The van der Waals surface area contributed by atoms with Gasteiger partial charge < -0.3 is 34.1 Å². The molecule has 0 amide bonds. The Labute approximate surface area is 211 Å². The van der Waals surface area contributed by atoms with Gasteiger partial charge in [-0.3, -0.25) is 9.59 Å². The number of aromatic carboxylic acids is 1. The summed E-state index contributed by atoms with van der Waals surface area (Å²) < 4.78 is 27.1. The van der Waals surface area contributed by atoms with Gasteiger partial charge in [-0.1, -0.05) is 18.5 Å². The minimum atomic E-state index is -1.84. The van der Waals surface area contributed by atoms with Crippen molar-refractivity contribution in [3.63, 3.8) is 0 Å². The molecule has 11 heteroatoms. The van der Waals surface area contributed by atoms with Gasteiger partial charge >= 0.3 is 5.97 Å². The Morgan fingerprint density at radius 1 is 1.03 bits per heavy atom. The normalized spacial score (nSPS) is 20.4. The monoisotopic (exact) mass is 517 g/mol. The van der Waals surface area contributed by atoms with Crippen molar-refractivity contribution in [1.29, 1.82) is 0 Å². The predicted octanol–water partition coefficient (Wildman–Crippen LogP) is 3.99. The molecule has 2 N–H and O–H groups in total. The summed E-state index contributed by atoms with van der Waals surface area (Å²) in [7, 11) is 5.62. The Bertz CT molecular complexity index is 1320. The van der Waals surface area contributed by atoms with Crippen LogP contribution in [-0.2, 0) is 4.79 Å². The van der Waals surface area contributed by atoms with Crippen LogP contribution >= 0.6 is 11.6 Å². The zero-order valence-corrected chi connectivity index (χ0v) is 20.9. The number of nitrogens with one attached hydrogen (secondary N) is 1. The van der Waals surface area contributed by atoms with E-state index in [1.54, 1.807) is 6.92 Å². The quantitative estimate of drug-likeness (QED) is 0.520. The molecule has 1 spiro atoms. The van der Waals surface area contributed by atoms with Crippen LogP contribution in [0.3, 0.4) is 0 Å². The van der Waals surface area contributed by atoms with Gasteiger partial charge in [0, 0.05) is 35.9 Å². The molecule has 0 radical (unpaired) electrons. The number of ether oxygens (including phenoxy) is 5. The Kier molecular flexibility index (Phi) is 6.48. The first-order valence-electron chi connectivity index (χ1n) is 10.8. The van der Waals surface area contributed by atoms with Crippen LogP contribution in [-0.4, -0.2) is 56.7 Å². The number of anilines is 1. The van der Waals surface area contributed by atoms with Crippen LogP contribution in [0.25, 0.3) is 0 Å². The number of ketones is 2. The van der Waals surface area contributed by atoms with E-state index < -0.39 is 29.1 Å². The van der Waals surface area contributed by atoms with E-state index in [2.05, 4.69) is 5.32 Å². The largest absolute Gasteiger partial charge is 0.496 e. The van der Waals surface area contributed by atoms with Gasteiger partial charge in [0.05, 0.1) is 39.7 Å². The fourth-order valence-corrected chi connectivity index (χ4v) is 4.81. The van der Waals surface area contributed by atoms with Gasteiger partial charge in [0.15, 0.2) is 17.2 Å². The van der Waals surface area contributed by atoms with Crippen molar-refractivity contribution in [2.45, 2.75) is 18.9 Å². The standard InChI is InChI=1S/C25H24ClNO9/c1-11-6-12(27-14-9-16(33-3)15(32-2)8-13(14)24(30)31)7-19(28)25(11)23(29)20-17(34-4)10-18(35-5)21(26)22(20)36-25/h7-11,27H,6H2,1-5H3,(H,30,31). The SMILES string of the molecule is COc1cc(NC2=CC(=O)C3(Oc4c(Cl)c(OC)cc(OC)c4C3=O)C(C)C2)c(C(=O)O)cc1OC. The third kappa shape index (κ3) is 3.69. The summed E-state index contributed by atoms with van der Waals surface area (Å²) in [4.78, 5) is 38.9. The summed E-state index contributed by atoms with van der Waals surface area (Å²) in [5, 5.41) is 12.7. The molecule has 10 nitrogen and oxygen atoms in total. The second-order valence-electron chi connectivity index (χ2n) is 8.29. The van der Waals surface area contributed by atoms with E-state index in [0.29, 0.717) is 11.4 Å². The predicted molar refractivity (Wildman–Crippen MR) is 129 cm³/mol. The van der Waals surface area contributed by atoms with Crippen molar-refractivity contribution in [2.24, 2.45) is 5.92 Å². The van der Waals surface area contributed by atoms with E-state index in [9.17, 15) is 19.5 Å². The van der Waals surface area contributed by atoms with E-state index in [-0.39, 0.29) is 51.3 Å². The van der Waals surface area contributed by atoms with Crippen LogP contribution in [0.15, 0.2) is 30.0 Å². The van der Waals surface area contributed by atoms with Crippen molar-refractivity contribution in [3.05, 3.63) is 46.1 Å². The van der Waals surface area contributed by atoms with E-state index in [4.69, 9.17) is 35.3 Å². The number of carboxylic acid groups (broad SMARTS) is 1. The van der Waals surface area contributed by atoms with Crippen molar-refractivity contribution >= 4 is 34.8 Å². The summed E-state index contributed by atoms with van der Waals surface area (Å²) in [6, 6.07) is 4.25. The van der Waals surface area contributed by atoms with Gasteiger partial charge in [0.25, 0.3) is 0 Å². The van der Waals surface area contributed by atoms with Gasteiger partial charge in [-0.05, 0) is 6.42 Å². The van der Waals surface area contributed by atoms with Crippen molar-refractivity contribution < 1.29 is 43.2 Å². The molecule has 2 atom stereocenters. The Hall–Kier alpha value is -3.92. The molecule has 0 aromatic heterocycles. The molecule has 1 aliphatic heterocycles. The van der Waals surface area contributed by atoms with E-state index in [1.807, 2.05) is 0 Å². The lowest BCUT2D eigenvalue weighted by molar-refractivity contribution is -0.129. The van der Waals surface area contributed by atoms with Gasteiger partial charge in [-0.15, -0.1) is 0 Å². The van der Waals surface area contributed by atoms with Crippen LogP contribution in [0.1, 0.15) is 34.1 Å². The van der Waals surface area contributed by atoms with Crippen LogP contribution in [0.2, 0.25) is 5.02 Å². The fourth-order valence-electron chi connectivity index (χ4n) is 4.55. The Balaban J connectivity index is 1.74. The maximum Gasteiger partial charge on any atom is 0.337 e. The van der Waals surface area contributed by atoms with Crippen LogP contribution < -0.4 is 29.0 Å². The average Bonchev–Trinajstić information content (AvgIpc) is 3.17. The van der Waals surface area contributed by atoms with Gasteiger partial charge in [0.2, 0.25) is 17.2 Å². The first-order chi connectivity index (χ1) is 17.1. The second-order valence-corrected chi connectivity index (χ2v) is 8.67. The molecule has 0 fully saturated rings. The number of allylic oxidation sites excluding steroid dienone is 1. The highest BCUT2D eigenvalue weighted by Gasteiger charge is 2.60. The van der Waals surface area contributed by atoms with Crippen LogP contribution in [0, 0.1) is 5.92 Å². The number of Topliss-reactive ketones (excluding diaryl/α,β-unsaturated/α-hetero) is 1. The number of carboxylic acids is 1. The number of halogens is 1. The zero-order valence-electron chi connectivity index (χ0n) is 20.2. The van der Waals surface area contributed by atoms with Crippen molar-refractivity contribution in [1.82, 2.24) is 0 Å². The minimum Gasteiger partial charge on any atom is -0.496 e. The van der Waals surface area contributed by atoms with E-state index >= 15 is 0 Å². The molecule has 190 valence electrons. The number of carbonyl (C=O) groups excluding carboxylic acids is 2. The second kappa shape index (κ2) is 9.27. The third-order valence-corrected chi connectivity index (χ3v) is 6.72. The summed E-state index contributed by atoms with van der Waals surface area (Å²) in [6.45, 7) is 1.70. The number of methoxy groups -OCH3 is 4. The summed E-state index contributed by atoms with van der Waals surface area (Å²) >= 11 is 6.41. The molecule has 2 aliphatic rings. The number of hydrogen-bond donors (Lipinski definition) is 2. The summed E-state index contributed by atoms with van der Waals surface area (Å²) in [5.74, 6) is -2.04. The summed E-state index contributed by atoms with van der Waals surface area (Å²) in [6.07, 6.45) is 1.43. The first-order valence-corrected chi connectivity index (χ1v) is 11.2. The maximum atomic E-state index is 13.6. The number of fused-ring (bicyclic) bond motifs is 1. The Morgan fingerprint density at radius 2 is 1.64 bits per heavy atom. The molecule has 2 aromatic rings. The molecule has 0 saturated carbocycles. The topological polar surface area (TPSA) is 130 Å². The van der Waals surface area contributed by atoms with Crippen LogP contribution in [0.5, 0.6) is 28.7 Å². The zero-order chi connectivity index (χ0) is 26.4. The average molecular weight is 518 g/mol. The highest BCUT2D eigenvalue weighted by Crippen LogP contribution is 2.53. The highest BCUT2D eigenvalue weighted by molar-refractivity contribution is 6.36. The van der Waals surface area contributed by atoms with Gasteiger partial charge in [-0.25, -0.2) is 4.79 Å². The van der Waals surface area contributed by atoms with Crippen molar-refractivity contribution in [2.75, 3.05) is 33.8 Å². The Morgan fingerprint density at radius 3 is 2.19 bits per heavy atom. The smallest absolute Gasteiger partial charge is 0.337 e. The number of hydrogen-bond acceptors (Lipinski definition) is 9. The van der Waals surface area contributed by atoms with Gasteiger partial charge in [-0.2, -0.15) is 0 Å². The molecular weight excluding hydrogens is 494 g/mol. The maximum absolute atomic E-state index is 13.6. The molecular formula is C25H24ClNO9. The third-order valence-electron chi connectivity index (χ3n) is 6.36. The summed E-state index contributed by atoms with van der Waals surface area (Å²) in [5.41, 5.74) is -1.27.